The summed E-state index contributed by atoms with van der Waals surface area (Å²) in [6, 6.07) is 15.1. The predicted octanol–water partition coefficient (Wildman–Crippen LogP) is 4.06. The number of benzene rings is 2. The second kappa shape index (κ2) is 8.04. The number of nitrogens with zero attached hydrogens (tertiary/aromatic N) is 1. The Kier molecular flexibility index (Phi) is 5.71. The summed E-state index contributed by atoms with van der Waals surface area (Å²) in [7, 11) is -3.41. The maximum absolute atomic E-state index is 12.6. The van der Waals surface area contributed by atoms with Gasteiger partial charge in [0.05, 0.1) is 21.2 Å². The number of rotatable bonds is 6. The van der Waals surface area contributed by atoms with Crippen molar-refractivity contribution in [3.63, 3.8) is 0 Å². The Morgan fingerprint density at radius 2 is 1.79 bits per heavy atom. The molecule has 0 aliphatic carbocycles. The van der Waals surface area contributed by atoms with Crippen LogP contribution in [0.2, 0.25) is 0 Å². The Labute approximate surface area is 167 Å². The molecule has 144 valence electrons. The van der Waals surface area contributed by atoms with E-state index < -0.39 is 15.7 Å². The Bertz CT molecular complexity index is 1140. The summed E-state index contributed by atoms with van der Waals surface area (Å²) in [6.07, 6.45) is 0. The summed E-state index contributed by atoms with van der Waals surface area (Å²) in [5, 5.41) is 2.94. The topological polar surface area (TPSA) is 93.2 Å². The molecule has 0 bridgehead atoms. The molecule has 1 amide bonds. The van der Waals surface area contributed by atoms with Gasteiger partial charge in [0.15, 0.2) is 20.8 Å². The molecule has 1 heterocycles. The molecule has 0 unspecified atom stereocenters. The van der Waals surface area contributed by atoms with Crippen LogP contribution in [0.25, 0.3) is 11.3 Å². The van der Waals surface area contributed by atoms with Gasteiger partial charge in [-0.2, -0.15) is 0 Å². The number of anilines is 1. The molecule has 0 fully saturated rings. The van der Waals surface area contributed by atoms with Crippen molar-refractivity contribution in [2.75, 3.05) is 11.1 Å². The van der Waals surface area contributed by atoms with Crippen LogP contribution in [0.4, 0.5) is 5.13 Å². The van der Waals surface area contributed by atoms with Gasteiger partial charge in [-0.15, -0.1) is 0 Å². The maximum atomic E-state index is 12.6. The third-order valence-electron chi connectivity index (χ3n) is 4.05. The van der Waals surface area contributed by atoms with Crippen molar-refractivity contribution in [1.29, 1.82) is 0 Å². The number of ketones is 1. The zero-order chi connectivity index (χ0) is 20.3. The molecule has 0 saturated carbocycles. The van der Waals surface area contributed by atoms with Gasteiger partial charge in [-0.25, -0.2) is 13.4 Å². The standard InChI is InChI=1S/C20H18N2O4S2/c1-3-28(25,26)16-11-7-10-15(12-16)19(24)22-20-21-17(18(27-20)13(2)23)14-8-5-4-6-9-14/h4-12H,3H2,1-2H3,(H,21,22,24). The Morgan fingerprint density at radius 1 is 1.07 bits per heavy atom. The molecule has 3 aromatic rings. The van der Waals surface area contributed by atoms with Gasteiger partial charge < -0.3 is 0 Å². The molecule has 8 heteroatoms. The van der Waals surface area contributed by atoms with E-state index in [2.05, 4.69) is 10.3 Å². The van der Waals surface area contributed by atoms with Crippen molar-refractivity contribution in [1.82, 2.24) is 4.98 Å². The molecule has 0 aliphatic rings. The number of nitrogens with one attached hydrogen (secondary N) is 1. The number of aromatic nitrogens is 1. The van der Waals surface area contributed by atoms with Gasteiger partial charge >= 0.3 is 0 Å². The Hall–Kier alpha value is -2.84. The molecule has 0 atom stereocenters. The fourth-order valence-corrected chi connectivity index (χ4v) is 4.37. The fraction of sp³-hybridized carbons (Fsp3) is 0.150. The second-order valence-corrected chi connectivity index (χ2v) is 9.28. The van der Waals surface area contributed by atoms with E-state index in [-0.39, 0.29) is 27.1 Å². The zero-order valence-electron chi connectivity index (χ0n) is 15.3. The molecule has 0 spiro atoms. The fourth-order valence-electron chi connectivity index (χ4n) is 2.57. The zero-order valence-corrected chi connectivity index (χ0v) is 16.9. The van der Waals surface area contributed by atoms with Crippen molar-refractivity contribution in [3.05, 3.63) is 65.0 Å². The van der Waals surface area contributed by atoms with Gasteiger partial charge in [-0.1, -0.05) is 54.7 Å². The average Bonchev–Trinajstić information content (AvgIpc) is 3.13. The molecule has 6 nitrogen and oxygen atoms in total. The highest BCUT2D eigenvalue weighted by atomic mass is 32.2. The van der Waals surface area contributed by atoms with Gasteiger partial charge in [0.25, 0.3) is 5.91 Å². The first kappa shape index (κ1) is 19.9. The molecule has 2 aromatic carbocycles. The van der Waals surface area contributed by atoms with E-state index in [4.69, 9.17) is 0 Å². The SMILES string of the molecule is CCS(=O)(=O)c1cccc(C(=O)Nc2nc(-c3ccccc3)c(C(C)=O)s2)c1. The van der Waals surface area contributed by atoms with Gasteiger partial charge in [-0.3, -0.25) is 14.9 Å². The van der Waals surface area contributed by atoms with Crippen LogP contribution in [-0.2, 0) is 9.84 Å². The predicted molar refractivity (Wildman–Crippen MR) is 110 cm³/mol. The van der Waals surface area contributed by atoms with Gasteiger partial charge in [0, 0.05) is 18.1 Å². The van der Waals surface area contributed by atoms with Crippen LogP contribution in [-0.4, -0.2) is 30.8 Å². The largest absolute Gasteiger partial charge is 0.298 e. The minimum atomic E-state index is -3.41. The summed E-state index contributed by atoms with van der Waals surface area (Å²) < 4.78 is 24.1. The van der Waals surface area contributed by atoms with Crippen LogP contribution in [0.1, 0.15) is 33.9 Å². The first-order chi connectivity index (χ1) is 13.3. The number of thiazole rings is 1. The molecular weight excluding hydrogens is 396 g/mol. The van der Waals surface area contributed by atoms with Crippen molar-refractivity contribution in [3.8, 4) is 11.3 Å². The number of amides is 1. The molecule has 0 saturated heterocycles. The minimum Gasteiger partial charge on any atom is -0.298 e. The Balaban J connectivity index is 1.91. The van der Waals surface area contributed by atoms with Gasteiger partial charge in [0.2, 0.25) is 0 Å². The first-order valence-corrected chi connectivity index (χ1v) is 11.0. The molecule has 0 aliphatic heterocycles. The Morgan fingerprint density at radius 3 is 2.43 bits per heavy atom. The van der Waals surface area contributed by atoms with E-state index in [9.17, 15) is 18.0 Å². The number of hydrogen-bond donors (Lipinski definition) is 1. The smallest absolute Gasteiger partial charge is 0.257 e. The summed E-state index contributed by atoms with van der Waals surface area (Å²) in [6.45, 7) is 3.00. The molecular formula is C20H18N2O4S2. The van der Waals surface area contributed by atoms with E-state index in [1.54, 1.807) is 6.92 Å². The molecule has 0 radical (unpaired) electrons. The van der Waals surface area contributed by atoms with Crippen LogP contribution in [0, 0.1) is 0 Å². The highest BCUT2D eigenvalue weighted by molar-refractivity contribution is 7.91. The number of hydrogen-bond acceptors (Lipinski definition) is 6. The van der Waals surface area contributed by atoms with Crippen LogP contribution >= 0.6 is 11.3 Å². The monoisotopic (exact) mass is 414 g/mol. The molecule has 1 N–H and O–H groups in total. The molecule has 28 heavy (non-hydrogen) atoms. The second-order valence-electron chi connectivity index (χ2n) is 6.00. The van der Waals surface area contributed by atoms with E-state index in [1.165, 1.54) is 31.2 Å². The van der Waals surface area contributed by atoms with Crippen molar-refractivity contribution in [2.45, 2.75) is 18.7 Å². The van der Waals surface area contributed by atoms with E-state index >= 15 is 0 Å². The highest BCUT2D eigenvalue weighted by Gasteiger charge is 2.19. The summed E-state index contributed by atoms with van der Waals surface area (Å²) in [4.78, 5) is 29.5. The number of sulfone groups is 1. The summed E-state index contributed by atoms with van der Waals surface area (Å²) >= 11 is 1.09. The van der Waals surface area contributed by atoms with Crippen molar-refractivity contribution in [2.24, 2.45) is 0 Å². The third kappa shape index (κ3) is 4.18. The normalized spacial score (nSPS) is 11.2. The lowest BCUT2D eigenvalue weighted by Crippen LogP contribution is -2.13. The first-order valence-electron chi connectivity index (χ1n) is 8.53. The lowest BCUT2D eigenvalue weighted by molar-refractivity contribution is 0.101. The quantitative estimate of drug-likeness (QED) is 0.614. The average molecular weight is 415 g/mol. The minimum absolute atomic E-state index is 0.0487. The third-order valence-corrected chi connectivity index (χ3v) is 6.85. The lowest BCUT2D eigenvalue weighted by Gasteiger charge is -2.05. The summed E-state index contributed by atoms with van der Waals surface area (Å²) in [5.74, 6) is -0.683. The summed E-state index contributed by atoms with van der Waals surface area (Å²) in [5.41, 5.74) is 1.49. The lowest BCUT2D eigenvalue weighted by atomic mass is 10.1. The van der Waals surface area contributed by atoms with Crippen molar-refractivity contribution < 1.29 is 18.0 Å². The van der Waals surface area contributed by atoms with Gasteiger partial charge in [0.1, 0.15) is 0 Å². The number of Topliss-reactive ketones (excluding diaryl/α,β-unsaturated/α-hetero) is 1. The van der Waals surface area contributed by atoms with E-state index in [0.717, 1.165) is 16.9 Å². The van der Waals surface area contributed by atoms with Crippen LogP contribution in [0.5, 0.6) is 0 Å². The maximum Gasteiger partial charge on any atom is 0.257 e. The highest BCUT2D eigenvalue weighted by Crippen LogP contribution is 2.31. The van der Waals surface area contributed by atoms with Crippen LogP contribution in [0.15, 0.2) is 59.5 Å². The van der Waals surface area contributed by atoms with Crippen molar-refractivity contribution >= 4 is 38.0 Å². The molecule has 1 aromatic heterocycles. The number of carbonyl (C=O) groups is 2. The van der Waals surface area contributed by atoms with Crippen LogP contribution in [0.3, 0.4) is 0 Å². The molecule has 3 rings (SSSR count). The van der Waals surface area contributed by atoms with E-state index in [0.29, 0.717) is 10.6 Å². The van der Waals surface area contributed by atoms with E-state index in [1.807, 2.05) is 30.3 Å². The number of carbonyl (C=O) groups excluding carboxylic acids is 2. The van der Waals surface area contributed by atoms with Gasteiger partial charge in [-0.05, 0) is 18.2 Å². The van der Waals surface area contributed by atoms with Crippen LogP contribution < -0.4 is 5.32 Å².